The number of hydrogen-bond acceptors (Lipinski definition) is 2. The Morgan fingerprint density at radius 2 is 2.07 bits per heavy atom. The smallest absolute Gasteiger partial charge is 0.127 e. The van der Waals surface area contributed by atoms with E-state index in [1.165, 1.54) is 31.5 Å². The predicted octanol–water partition coefficient (Wildman–Crippen LogP) is 2.63. The Kier molecular flexibility index (Phi) is 2.01. The predicted molar refractivity (Wildman–Crippen MR) is 60.9 cm³/mol. The highest BCUT2D eigenvalue weighted by atomic mass is 15.2. The molecule has 1 aromatic heterocycles. The molecule has 2 aliphatic carbocycles. The number of nitrogens with zero attached hydrogens (tertiary/aromatic N) is 2. The first-order chi connectivity index (χ1) is 7.31. The number of anilines is 1. The molecule has 2 aliphatic rings. The molecule has 2 fully saturated rings. The number of rotatable bonds is 4. The molecule has 2 N–H and O–H groups in total. The molecular weight excluding hydrogens is 186 g/mol. The van der Waals surface area contributed by atoms with Crippen LogP contribution in [-0.4, -0.2) is 9.55 Å². The minimum atomic E-state index is 0.679. The number of imidazole rings is 1. The first-order valence-electron chi connectivity index (χ1n) is 6.17. The molecular formula is C12H19N3. The summed E-state index contributed by atoms with van der Waals surface area (Å²) in [6.07, 6.45) is 7.39. The van der Waals surface area contributed by atoms with Gasteiger partial charge in [0.2, 0.25) is 0 Å². The van der Waals surface area contributed by atoms with Crippen LogP contribution in [0.5, 0.6) is 0 Å². The molecule has 3 rings (SSSR count). The maximum absolute atomic E-state index is 6.20. The summed E-state index contributed by atoms with van der Waals surface area (Å²) in [4.78, 5) is 4.76. The summed E-state index contributed by atoms with van der Waals surface area (Å²) in [6.45, 7) is 2.19. The molecule has 3 heteroatoms. The fourth-order valence-corrected chi connectivity index (χ4v) is 2.28. The summed E-state index contributed by atoms with van der Waals surface area (Å²) >= 11 is 0. The summed E-state index contributed by atoms with van der Waals surface area (Å²) < 4.78 is 2.34. The average molecular weight is 205 g/mol. The molecule has 0 atom stereocenters. The number of nitrogens with two attached hydrogens (primary N) is 1. The van der Waals surface area contributed by atoms with E-state index in [-0.39, 0.29) is 0 Å². The van der Waals surface area contributed by atoms with Gasteiger partial charge in [-0.3, -0.25) is 0 Å². The van der Waals surface area contributed by atoms with Gasteiger partial charge in [-0.2, -0.15) is 0 Å². The molecule has 3 nitrogen and oxygen atoms in total. The molecule has 1 aromatic rings. The van der Waals surface area contributed by atoms with Gasteiger partial charge in [0.1, 0.15) is 11.6 Å². The Morgan fingerprint density at radius 3 is 2.60 bits per heavy atom. The zero-order valence-electron chi connectivity index (χ0n) is 9.37. The van der Waals surface area contributed by atoms with Crippen molar-refractivity contribution in [2.75, 3.05) is 5.73 Å². The molecule has 82 valence electrons. The first-order valence-corrected chi connectivity index (χ1v) is 6.17. The van der Waals surface area contributed by atoms with Gasteiger partial charge in [0.15, 0.2) is 0 Å². The number of hydrogen-bond donors (Lipinski definition) is 1. The van der Waals surface area contributed by atoms with Crippen molar-refractivity contribution in [1.82, 2.24) is 9.55 Å². The Morgan fingerprint density at radius 1 is 1.33 bits per heavy atom. The van der Waals surface area contributed by atoms with Crippen molar-refractivity contribution in [1.29, 1.82) is 0 Å². The van der Waals surface area contributed by atoms with E-state index in [4.69, 9.17) is 10.7 Å². The maximum atomic E-state index is 6.20. The van der Waals surface area contributed by atoms with Gasteiger partial charge in [0.25, 0.3) is 0 Å². The minimum absolute atomic E-state index is 0.679. The summed E-state index contributed by atoms with van der Waals surface area (Å²) in [5.41, 5.74) is 7.34. The van der Waals surface area contributed by atoms with Crippen molar-refractivity contribution in [3.63, 3.8) is 0 Å². The fourth-order valence-electron chi connectivity index (χ4n) is 2.28. The normalized spacial score (nSPS) is 20.9. The minimum Gasteiger partial charge on any atom is -0.384 e. The molecule has 0 spiro atoms. The van der Waals surface area contributed by atoms with Crippen LogP contribution < -0.4 is 5.73 Å². The molecule has 0 aliphatic heterocycles. The molecule has 0 aromatic carbocycles. The lowest BCUT2D eigenvalue weighted by Crippen LogP contribution is -2.04. The van der Waals surface area contributed by atoms with Crippen LogP contribution in [0, 0.1) is 0 Å². The zero-order chi connectivity index (χ0) is 10.4. The fraction of sp³-hybridized carbons (Fsp3) is 0.750. The second-order valence-corrected chi connectivity index (χ2v) is 4.93. The second kappa shape index (κ2) is 3.26. The molecule has 0 unspecified atom stereocenters. The SMILES string of the molecule is CCCc1nc(C2CC2)n(C2CC2)c1N. The van der Waals surface area contributed by atoms with E-state index in [2.05, 4.69) is 11.5 Å². The molecule has 15 heavy (non-hydrogen) atoms. The van der Waals surface area contributed by atoms with Gasteiger partial charge in [-0.1, -0.05) is 13.3 Å². The van der Waals surface area contributed by atoms with Gasteiger partial charge in [0.05, 0.1) is 5.69 Å². The van der Waals surface area contributed by atoms with Crippen molar-refractivity contribution in [3.8, 4) is 0 Å². The standard InChI is InChI=1S/C12H19N3/c1-2-3-10-11(13)15(9-6-7-9)12(14-10)8-4-5-8/h8-9H,2-7,13H2,1H3. The third kappa shape index (κ3) is 1.54. The third-order valence-corrected chi connectivity index (χ3v) is 3.39. The van der Waals surface area contributed by atoms with Crippen LogP contribution in [-0.2, 0) is 6.42 Å². The van der Waals surface area contributed by atoms with E-state index in [1.807, 2.05) is 0 Å². The monoisotopic (exact) mass is 205 g/mol. The highest BCUT2D eigenvalue weighted by Crippen LogP contribution is 2.46. The van der Waals surface area contributed by atoms with Crippen LogP contribution in [0.2, 0.25) is 0 Å². The second-order valence-electron chi connectivity index (χ2n) is 4.93. The molecule has 2 saturated carbocycles. The summed E-state index contributed by atoms with van der Waals surface area (Å²) in [6, 6.07) is 0.679. The van der Waals surface area contributed by atoms with Gasteiger partial charge < -0.3 is 10.3 Å². The van der Waals surface area contributed by atoms with Crippen LogP contribution in [0.25, 0.3) is 0 Å². The van der Waals surface area contributed by atoms with Crippen molar-refractivity contribution in [2.45, 2.75) is 57.4 Å². The van der Waals surface area contributed by atoms with Gasteiger partial charge >= 0.3 is 0 Å². The van der Waals surface area contributed by atoms with E-state index in [0.29, 0.717) is 6.04 Å². The van der Waals surface area contributed by atoms with E-state index >= 15 is 0 Å². The van der Waals surface area contributed by atoms with Crippen LogP contribution in [0.15, 0.2) is 0 Å². The van der Waals surface area contributed by atoms with Crippen molar-refractivity contribution in [3.05, 3.63) is 11.5 Å². The maximum Gasteiger partial charge on any atom is 0.127 e. The van der Waals surface area contributed by atoms with Crippen LogP contribution in [0.3, 0.4) is 0 Å². The highest BCUT2D eigenvalue weighted by molar-refractivity contribution is 5.41. The van der Waals surface area contributed by atoms with Crippen molar-refractivity contribution < 1.29 is 0 Å². The van der Waals surface area contributed by atoms with Gasteiger partial charge in [0, 0.05) is 12.0 Å². The van der Waals surface area contributed by atoms with Crippen LogP contribution in [0.4, 0.5) is 5.82 Å². The van der Waals surface area contributed by atoms with Crippen molar-refractivity contribution in [2.24, 2.45) is 0 Å². The highest BCUT2D eigenvalue weighted by Gasteiger charge is 2.36. The largest absolute Gasteiger partial charge is 0.384 e. The Bertz CT molecular complexity index is 372. The topological polar surface area (TPSA) is 43.8 Å². The number of nitrogen functional groups attached to an aromatic ring is 1. The summed E-state index contributed by atoms with van der Waals surface area (Å²) in [5, 5.41) is 0. The molecule has 0 bridgehead atoms. The Balaban J connectivity index is 1.99. The zero-order valence-corrected chi connectivity index (χ0v) is 9.37. The Labute approximate surface area is 90.7 Å². The summed E-state index contributed by atoms with van der Waals surface area (Å²) in [5.74, 6) is 2.97. The number of aryl methyl sites for hydroxylation is 1. The quantitative estimate of drug-likeness (QED) is 0.821. The van der Waals surface area contributed by atoms with Gasteiger partial charge in [-0.05, 0) is 32.1 Å². The molecule has 0 amide bonds. The van der Waals surface area contributed by atoms with E-state index in [9.17, 15) is 0 Å². The first kappa shape index (κ1) is 9.25. The van der Waals surface area contributed by atoms with Gasteiger partial charge in [-0.25, -0.2) is 4.98 Å². The molecule has 0 saturated heterocycles. The molecule has 0 radical (unpaired) electrons. The lowest BCUT2D eigenvalue weighted by molar-refractivity contribution is 0.691. The van der Waals surface area contributed by atoms with E-state index in [0.717, 1.165) is 30.3 Å². The van der Waals surface area contributed by atoms with E-state index in [1.54, 1.807) is 0 Å². The lowest BCUT2D eigenvalue weighted by atomic mass is 10.2. The summed E-state index contributed by atoms with van der Waals surface area (Å²) in [7, 11) is 0. The van der Waals surface area contributed by atoms with E-state index < -0.39 is 0 Å². The Hall–Kier alpha value is -0.990. The van der Waals surface area contributed by atoms with Gasteiger partial charge in [-0.15, -0.1) is 0 Å². The number of aromatic nitrogens is 2. The van der Waals surface area contributed by atoms with Crippen LogP contribution in [0.1, 0.15) is 62.5 Å². The van der Waals surface area contributed by atoms with Crippen LogP contribution >= 0.6 is 0 Å². The van der Waals surface area contributed by atoms with Crippen molar-refractivity contribution >= 4 is 5.82 Å². The molecule has 1 heterocycles. The average Bonchev–Trinajstić information content (AvgIpc) is 3.10. The lowest BCUT2D eigenvalue weighted by Gasteiger charge is -2.06. The third-order valence-electron chi connectivity index (χ3n) is 3.39.